The summed E-state index contributed by atoms with van der Waals surface area (Å²) in [6, 6.07) is 6.52. The van der Waals surface area contributed by atoms with Crippen molar-refractivity contribution < 1.29 is 24.1 Å². The van der Waals surface area contributed by atoms with Crippen molar-refractivity contribution in [1.82, 2.24) is 0 Å². The lowest BCUT2D eigenvalue weighted by Gasteiger charge is -2.12. The first kappa shape index (κ1) is 14.3. The molecule has 0 aromatic heterocycles. The molecule has 0 spiro atoms. The molecule has 20 heavy (non-hydrogen) atoms. The lowest BCUT2D eigenvalue weighted by atomic mass is 10.0. The van der Waals surface area contributed by atoms with Gasteiger partial charge >= 0.3 is 5.97 Å². The van der Waals surface area contributed by atoms with E-state index in [0.29, 0.717) is 15.6 Å². The van der Waals surface area contributed by atoms with Crippen molar-refractivity contribution in [2.24, 2.45) is 0 Å². The van der Waals surface area contributed by atoms with Crippen LogP contribution in [0, 0.1) is 5.82 Å². The number of phenols is 1. The maximum absolute atomic E-state index is 13.2. The lowest BCUT2D eigenvalue weighted by Crippen LogP contribution is -1.98. The first-order valence-electron chi connectivity index (χ1n) is 5.53. The maximum atomic E-state index is 13.2. The summed E-state index contributed by atoms with van der Waals surface area (Å²) in [5.74, 6) is -1.79. The molecular weight excluding hydrogens is 331 g/mol. The zero-order valence-corrected chi connectivity index (χ0v) is 11.9. The van der Waals surface area contributed by atoms with E-state index in [4.69, 9.17) is 9.84 Å². The van der Waals surface area contributed by atoms with Crippen molar-refractivity contribution in [3.63, 3.8) is 0 Å². The van der Waals surface area contributed by atoms with Crippen molar-refractivity contribution in [3.8, 4) is 22.6 Å². The van der Waals surface area contributed by atoms with E-state index in [1.807, 2.05) is 0 Å². The summed E-state index contributed by atoms with van der Waals surface area (Å²) in [6.45, 7) is 0. The summed E-state index contributed by atoms with van der Waals surface area (Å²) in [6.07, 6.45) is 0. The number of hydrogen-bond acceptors (Lipinski definition) is 3. The largest absolute Gasteiger partial charge is 0.507 e. The van der Waals surface area contributed by atoms with Gasteiger partial charge in [-0.05, 0) is 24.3 Å². The molecule has 0 bridgehead atoms. The number of benzene rings is 2. The fourth-order valence-corrected chi connectivity index (χ4v) is 2.37. The minimum absolute atomic E-state index is 0.241. The first-order chi connectivity index (χ1) is 9.43. The minimum atomic E-state index is -1.25. The van der Waals surface area contributed by atoms with Crippen LogP contribution >= 0.6 is 15.9 Å². The zero-order valence-electron chi connectivity index (χ0n) is 10.4. The highest BCUT2D eigenvalue weighted by atomic mass is 79.9. The molecule has 104 valence electrons. The number of halogens is 2. The molecule has 0 aliphatic carbocycles. The molecule has 0 saturated carbocycles. The molecule has 0 radical (unpaired) electrons. The summed E-state index contributed by atoms with van der Waals surface area (Å²) < 4.78 is 18.8. The van der Waals surface area contributed by atoms with Gasteiger partial charge in [0.1, 0.15) is 22.9 Å². The average molecular weight is 341 g/mol. The van der Waals surface area contributed by atoms with E-state index in [1.54, 1.807) is 0 Å². The van der Waals surface area contributed by atoms with Crippen LogP contribution in [0.3, 0.4) is 0 Å². The Labute approximate surface area is 122 Å². The Morgan fingerprint density at radius 3 is 2.55 bits per heavy atom. The summed E-state index contributed by atoms with van der Waals surface area (Å²) in [7, 11) is 1.39. The highest BCUT2D eigenvalue weighted by Gasteiger charge is 2.17. The monoisotopic (exact) mass is 340 g/mol. The third-order valence-electron chi connectivity index (χ3n) is 2.77. The van der Waals surface area contributed by atoms with Gasteiger partial charge in [0, 0.05) is 21.7 Å². The molecule has 0 amide bonds. The van der Waals surface area contributed by atoms with Crippen molar-refractivity contribution in [2.45, 2.75) is 0 Å². The van der Waals surface area contributed by atoms with Crippen molar-refractivity contribution in [3.05, 3.63) is 46.2 Å². The van der Waals surface area contributed by atoms with Crippen LogP contribution in [0.5, 0.6) is 11.5 Å². The molecule has 0 aliphatic rings. The van der Waals surface area contributed by atoms with Crippen molar-refractivity contribution in [1.29, 1.82) is 0 Å². The number of carboxylic acids is 1. The highest BCUT2D eigenvalue weighted by Crippen LogP contribution is 2.38. The van der Waals surface area contributed by atoms with Gasteiger partial charge < -0.3 is 14.9 Å². The molecule has 0 heterocycles. The number of carbonyl (C=O) groups is 1. The van der Waals surface area contributed by atoms with Gasteiger partial charge in [-0.25, -0.2) is 9.18 Å². The van der Waals surface area contributed by atoms with Gasteiger partial charge in [-0.3, -0.25) is 0 Å². The quantitative estimate of drug-likeness (QED) is 0.894. The fourth-order valence-electron chi connectivity index (χ4n) is 1.83. The second-order valence-electron chi connectivity index (χ2n) is 4.00. The standard InChI is InChI=1S/C14H10BrFO4/c1-20-13-4-7(16)2-3-8(13)9-5-10(14(18)19)12(17)6-11(9)15/h2-6,17H,1H3,(H,18,19). The second-order valence-corrected chi connectivity index (χ2v) is 4.85. The van der Waals surface area contributed by atoms with Crippen LogP contribution in [0.4, 0.5) is 4.39 Å². The SMILES string of the molecule is COc1cc(F)ccc1-c1cc(C(=O)O)c(O)cc1Br. The van der Waals surface area contributed by atoms with Gasteiger partial charge in [0.2, 0.25) is 0 Å². The van der Waals surface area contributed by atoms with Crippen molar-refractivity contribution in [2.75, 3.05) is 7.11 Å². The third kappa shape index (κ3) is 2.60. The predicted octanol–water partition coefficient (Wildman–Crippen LogP) is 3.67. The molecule has 2 aromatic rings. The Hall–Kier alpha value is -2.08. The molecular formula is C14H10BrFO4. The van der Waals surface area contributed by atoms with E-state index < -0.39 is 11.8 Å². The Morgan fingerprint density at radius 2 is 1.95 bits per heavy atom. The van der Waals surface area contributed by atoms with Crippen molar-refractivity contribution >= 4 is 21.9 Å². The second kappa shape index (κ2) is 5.50. The number of aromatic carboxylic acids is 1. The van der Waals surface area contributed by atoms with Gasteiger partial charge in [0.05, 0.1) is 7.11 Å². The molecule has 2 N–H and O–H groups in total. The van der Waals surface area contributed by atoms with Gasteiger partial charge in [-0.15, -0.1) is 0 Å². The van der Waals surface area contributed by atoms with E-state index >= 15 is 0 Å². The smallest absolute Gasteiger partial charge is 0.339 e. The average Bonchev–Trinajstić information content (AvgIpc) is 2.39. The molecule has 2 rings (SSSR count). The number of carboxylic acid groups (broad SMARTS) is 1. The number of ether oxygens (including phenoxy) is 1. The maximum Gasteiger partial charge on any atom is 0.339 e. The zero-order chi connectivity index (χ0) is 14.9. The summed E-state index contributed by atoms with van der Waals surface area (Å²) in [4.78, 5) is 11.1. The molecule has 0 aliphatic heterocycles. The van der Waals surface area contributed by atoms with Crippen LogP contribution < -0.4 is 4.74 Å². The predicted molar refractivity (Wildman–Crippen MR) is 74.7 cm³/mol. The van der Waals surface area contributed by atoms with Gasteiger partial charge in [0.15, 0.2) is 0 Å². The lowest BCUT2D eigenvalue weighted by molar-refractivity contribution is 0.0694. The van der Waals surface area contributed by atoms with E-state index in [2.05, 4.69) is 15.9 Å². The van der Waals surface area contributed by atoms with Crippen LogP contribution in [0.15, 0.2) is 34.8 Å². The number of hydrogen-bond donors (Lipinski definition) is 2. The normalized spacial score (nSPS) is 10.3. The number of methoxy groups -OCH3 is 1. The van der Waals surface area contributed by atoms with E-state index in [-0.39, 0.29) is 17.1 Å². The topological polar surface area (TPSA) is 66.8 Å². The molecule has 0 unspecified atom stereocenters. The molecule has 0 atom stereocenters. The molecule has 0 fully saturated rings. The molecule has 0 saturated heterocycles. The van der Waals surface area contributed by atoms with Crippen LogP contribution in [0.25, 0.3) is 11.1 Å². The van der Waals surface area contributed by atoms with Gasteiger partial charge in [0.25, 0.3) is 0 Å². The molecule has 2 aromatic carbocycles. The number of rotatable bonds is 3. The van der Waals surface area contributed by atoms with E-state index in [9.17, 15) is 14.3 Å². The van der Waals surface area contributed by atoms with E-state index in [0.717, 1.165) is 0 Å². The number of aromatic hydroxyl groups is 1. The summed E-state index contributed by atoms with van der Waals surface area (Å²) in [5, 5.41) is 18.6. The Morgan fingerprint density at radius 1 is 1.25 bits per heavy atom. The Kier molecular flexibility index (Phi) is 3.94. The summed E-state index contributed by atoms with van der Waals surface area (Å²) in [5.41, 5.74) is 0.759. The Balaban J connectivity index is 2.69. The van der Waals surface area contributed by atoms with Crippen LogP contribution in [-0.4, -0.2) is 23.3 Å². The first-order valence-corrected chi connectivity index (χ1v) is 6.33. The molecule has 6 heteroatoms. The van der Waals surface area contributed by atoms with Crippen LogP contribution in [0.2, 0.25) is 0 Å². The van der Waals surface area contributed by atoms with Gasteiger partial charge in [-0.1, -0.05) is 15.9 Å². The van der Waals surface area contributed by atoms with Gasteiger partial charge in [-0.2, -0.15) is 0 Å². The van der Waals surface area contributed by atoms with Crippen LogP contribution in [0.1, 0.15) is 10.4 Å². The van der Waals surface area contributed by atoms with E-state index in [1.165, 1.54) is 37.4 Å². The Bertz CT molecular complexity index is 685. The molecule has 4 nitrogen and oxygen atoms in total. The van der Waals surface area contributed by atoms with Crippen LogP contribution in [-0.2, 0) is 0 Å². The fraction of sp³-hybridized carbons (Fsp3) is 0.0714. The third-order valence-corrected chi connectivity index (χ3v) is 3.43. The summed E-state index contributed by atoms with van der Waals surface area (Å²) >= 11 is 3.25. The highest BCUT2D eigenvalue weighted by molar-refractivity contribution is 9.10. The minimum Gasteiger partial charge on any atom is -0.507 e.